The molecular weight excluding hydrogens is 228 g/mol. The summed E-state index contributed by atoms with van der Waals surface area (Å²) in [7, 11) is 1.38. The van der Waals surface area contributed by atoms with Crippen molar-refractivity contribution < 1.29 is 14.5 Å². The van der Waals surface area contributed by atoms with E-state index in [9.17, 15) is 14.9 Å². The molecule has 1 aromatic carbocycles. The van der Waals surface area contributed by atoms with Crippen LogP contribution in [0.15, 0.2) is 23.3 Å². The number of nitro groups is 1. The Morgan fingerprint density at radius 1 is 1.65 bits per heavy atom. The van der Waals surface area contributed by atoms with Gasteiger partial charge in [0.1, 0.15) is 5.75 Å². The molecule has 0 bridgehead atoms. The number of rotatable bonds is 5. The molecule has 0 heterocycles. The number of ether oxygens (including phenoxy) is 1. The van der Waals surface area contributed by atoms with Crippen LogP contribution in [0.4, 0.5) is 5.69 Å². The first-order valence-corrected chi connectivity index (χ1v) is 4.46. The molecule has 0 unspecified atom stereocenters. The Morgan fingerprint density at radius 3 is 2.88 bits per heavy atom. The number of benzene rings is 1. The minimum absolute atomic E-state index is 0.137. The summed E-state index contributed by atoms with van der Waals surface area (Å²) >= 11 is 0. The topological polar surface area (TPSA) is 118 Å². The fourth-order valence-corrected chi connectivity index (χ4v) is 1.21. The van der Waals surface area contributed by atoms with Crippen LogP contribution in [-0.2, 0) is 0 Å². The summed E-state index contributed by atoms with van der Waals surface area (Å²) in [6.45, 7) is -0.468. The summed E-state index contributed by atoms with van der Waals surface area (Å²) in [5, 5.41) is 13.8. The van der Waals surface area contributed by atoms with Crippen LogP contribution in [0, 0.1) is 10.1 Å². The Labute approximate surface area is 95.6 Å². The number of azide groups is 1. The average molecular weight is 236 g/mol. The van der Waals surface area contributed by atoms with Crippen molar-refractivity contribution in [3.63, 3.8) is 0 Å². The van der Waals surface area contributed by atoms with Crippen LogP contribution >= 0.6 is 0 Å². The SMILES string of the molecule is COc1ccc([N+](=O)[O-])c(C(=O)CN=[N+]=[N-])c1. The van der Waals surface area contributed by atoms with Gasteiger partial charge in [-0.1, -0.05) is 5.11 Å². The number of methoxy groups -OCH3 is 1. The minimum atomic E-state index is -0.678. The zero-order chi connectivity index (χ0) is 12.8. The van der Waals surface area contributed by atoms with E-state index in [0.717, 1.165) is 0 Å². The van der Waals surface area contributed by atoms with Gasteiger partial charge in [0.2, 0.25) is 0 Å². The Bertz CT molecular complexity index is 508. The molecule has 0 aliphatic heterocycles. The quantitative estimate of drug-likeness (QED) is 0.194. The first kappa shape index (κ1) is 12.5. The maximum absolute atomic E-state index is 11.6. The van der Waals surface area contributed by atoms with E-state index in [1.165, 1.54) is 25.3 Å². The van der Waals surface area contributed by atoms with Gasteiger partial charge < -0.3 is 4.74 Å². The van der Waals surface area contributed by atoms with Crippen molar-refractivity contribution >= 4 is 11.5 Å². The van der Waals surface area contributed by atoms with Crippen LogP contribution < -0.4 is 4.74 Å². The molecule has 0 aromatic heterocycles. The van der Waals surface area contributed by atoms with Crippen LogP contribution in [0.3, 0.4) is 0 Å². The van der Waals surface area contributed by atoms with Gasteiger partial charge in [-0.15, -0.1) is 0 Å². The van der Waals surface area contributed by atoms with Crippen molar-refractivity contribution in [3.05, 3.63) is 44.3 Å². The number of ketones is 1. The van der Waals surface area contributed by atoms with E-state index in [2.05, 4.69) is 10.0 Å². The normalized spacial score (nSPS) is 9.24. The van der Waals surface area contributed by atoms with Crippen molar-refractivity contribution in [3.8, 4) is 5.75 Å². The Balaban J connectivity index is 3.21. The highest BCUT2D eigenvalue weighted by Crippen LogP contribution is 2.24. The van der Waals surface area contributed by atoms with E-state index < -0.39 is 17.3 Å². The third-order valence-electron chi connectivity index (χ3n) is 1.98. The van der Waals surface area contributed by atoms with Gasteiger partial charge in [0.05, 0.1) is 24.1 Å². The molecular formula is C9H8N4O4. The van der Waals surface area contributed by atoms with E-state index >= 15 is 0 Å². The minimum Gasteiger partial charge on any atom is -0.497 e. The van der Waals surface area contributed by atoms with E-state index in [4.69, 9.17) is 10.3 Å². The number of hydrogen-bond acceptors (Lipinski definition) is 5. The molecule has 0 aliphatic carbocycles. The summed E-state index contributed by atoms with van der Waals surface area (Å²) in [4.78, 5) is 24.0. The van der Waals surface area contributed by atoms with E-state index in [1.807, 2.05) is 0 Å². The van der Waals surface area contributed by atoms with Crippen LogP contribution in [0.1, 0.15) is 10.4 Å². The number of carbonyl (C=O) groups excluding carboxylic acids is 1. The average Bonchev–Trinajstić information content (AvgIpc) is 2.34. The fourth-order valence-electron chi connectivity index (χ4n) is 1.21. The smallest absolute Gasteiger partial charge is 0.280 e. The van der Waals surface area contributed by atoms with Gasteiger partial charge in [-0.05, 0) is 17.7 Å². The summed E-state index contributed by atoms with van der Waals surface area (Å²) in [6, 6.07) is 3.79. The summed E-state index contributed by atoms with van der Waals surface area (Å²) in [6.07, 6.45) is 0. The lowest BCUT2D eigenvalue weighted by Gasteiger charge is -2.03. The standard InChI is InChI=1S/C9H8N4O4/c1-17-6-2-3-8(13(15)16)7(4-6)9(14)5-11-12-10/h2-4H,5H2,1H3. The van der Waals surface area contributed by atoms with Gasteiger partial charge in [0.15, 0.2) is 5.78 Å². The molecule has 0 saturated heterocycles. The molecule has 0 fully saturated rings. The van der Waals surface area contributed by atoms with Crippen molar-refractivity contribution in [1.82, 2.24) is 0 Å². The van der Waals surface area contributed by atoms with Gasteiger partial charge in [0, 0.05) is 11.0 Å². The van der Waals surface area contributed by atoms with Gasteiger partial charge >= 0.3 is 0 Å². The number of Topliss-reactive ketones (excluding diaryl/α,β-unsaturated/α-hetero) is 1. The third kappa shape index (κ3) is 2.93. The molecule has 0 amide bonds. The molecule has 0 atom stereocenters. The number of nitrogens with zero attached hydrogens (tertiary/aromatic N) is 4. The number of nitro benzene ring substituents is 1. The Hall–Kier alpha value is -2.60. The van der Waals surface area contributed by atoms with Crippen molar-refractivity contribution in [2.75, 3.05) is 13.7 Å². The molecule has 0 saturated carbocycles. The van der Waals surface area contributed by atoms with Crippen molar-refractivity contribution in [2.24, 2.45) is 5.11 Å². The maximum Gasteiger partial charge on any atom is 0.280 e. The summed E-state index contributed by atoms with van der Waals surface area (Å²) in [5.41, 5.74) is 7.61. The molecule has 0 radical (unpaired) electrons. The molecule has 88 valence electrons. The molecule has 8 heteroatoms. The second-order valence-corrected chi connectivity index (χ2v) is 2.95. The molecule has 17 heavy (non-hydrogen) atoms. The van der Waals surface area contributed by atoms with E-state index in [1.54, 1.807) is 0 Å². The lowest BCUT2D eigenvalue weighted by Crippen LogP contribution is -2.07. The van der Waals surface area contributed by atoms with Gasteiger partial charge in [0.25, 0.3) is 5.69 Å². The largest absolute Gasteiger partial charge is 0.497 e. The highest BCUT2D eigenvalue weighted by Gasteiger charge is 2.20. The lowest BCUT2D eigenvalue weighted by molar-refractivity contribution is -0.385. The predicted molar refractivity (Wildman–Crippen MR) is 58.0 cm³/mol. The Morgan fingerprint density at radius 2 is 2.35 bits per heavy atom. The highest BCUT2D eigenvalue weighted by molar-refractivity contribution is 6.01. The summed E-state index contributed by atoms with van der Waals surface area (Å²) < 4.78 is 4.87. The predicted octanol–water partition coefficient (Wildman–Crippen LogP) is 2.10. The van der Waals surface area contributed by atoms with Gasteiger partial charge in [-0.2, -0.15) is 0 Å². The molecule has 0 spiro atoms. The van der Waals surface area contributed by atoms with Gasteiger partial charge in [-0.25, -0.2) is 0 Å². The zero-order valence-electron chi connectivity index (χ0n) is 8.86. The molecule has 1 rings (SSSR count). The van der Waals surface area contributed by atoms with Crippen LogP contribution in [0.2, 0.25) is 0 Å². The first-order chi connectivity index (χ1) is 8.10. The first-order valence-electron chi connectivity index (χ1n) is 4.46. The second kappa shape index (κ2) is 5.47. The van der Waals surface area contributed by atoms with Crippen LogP contribution in [0.5, 0.6) is 5.75 Å². The van der Waals surface area contributed by atoms with Crippen LogP contribution in [-0.4, -0.2) is 24.4 Å². The molecule has 0 aliphatic rings. The third-order valence-corrected chi connectivity index (χ3v) is 1.98. The second-order valence-electron chi connectivity index (χ2n) is 2.95. The van der Waals surface area contributed by atoms with E-state index in [0.29, 0.717) is 5.75 Å². The van der Waals surface area contributed by atoms with E-state index in [-0.39, 0.29) is 11.3 Å². The lowest BCUT2D eigenvalue weighted by atomic mass is 10.1. The number of hydrogen-bond donors (Lipinski definition) is 0. The Kier molecular flexibility index (Phi) is 4.02. The summed E-state index contributed by atoms with van der Waals surface area (Å²) in [5.74, 6) is -0.312. The molecule has 0 N–H and O–H groups in total. The monoisotopic (exact) mass is 236 g/mol. The van der Waals surface area contributed by atoms with Crippen LogP contribution in [0.25, 0.3) is 10.4 Å². The molecule has 8 nitrogen and oxygen atoms in total. The zero-order valence-corrected chi connectivity index (χ0v) is 8.86. The highest BCUT2D eigenvalue weighted by atomic mass is 16.6. The number of carbonyl (C=O) groups is 1. The van der Waals surface area contributed by atoms with Crippen molar-refractivity contribution in [2.45, 2.75) is 0 Å². The molecule has 1 aromatic rings. The maximum atomic E-state index is 11.6. The van der Waals surface area contributed by atoms with Crippen molar-refractivity contribution in [1.29, 1.82) is 0 Å². The van der Waals surface area contributed by atoms with Gasteiger partial charge in [-0.3, -0.25) is 14.9 Å². The fraction of sp³-hybridized carbons (Fsp3) is 0.222.